The minimum absolute atomic E-state index is 0.00379. The predicted molar refractivity (Wildman–Crippen MR) is 72.9 cm³/mol. The predicted octanol–water partition coefficient (Wildman–Crippen LogP) is 0.0231. The molecule has 6 nitrogen and oxygen atoms in total. The molecule has 0 spiro atoms. The lowest BCUT2D eigenvalue weighted by atomic mass is 10.1. The van der Waals surface area contributed by atoms with E-state index in [1.807, 2.05) is 0 Å². The number of rotatable bonds is 4. The van der Waals surface area contributed by atoms with E-state index in [1.165, 1.54) is 0 Å². The van der Waals surface area contributed by atoms with Crippen molar-refractivity contribution in [3.8, 4) is 0 Å². The Hall–Kier alpha value is -1.44. The highest BCUT2D eigenvalue weighted by Gasteiger charge is 2.22. The molecule has 1 heterocycles. The van der Waals surface area contributed by atoms with Crippen LogP contribution in [0.4, 0.5) is 5.69 Å². The summed E-state index contributed by atoms with van der Waals surface area (Å²) < 4.78 is 21.9. The monoisotopic (exact) mass is 283 g/mol. The van der Waals surface area contributed by atoms with Gasteiger partial charge in [-0.25, -0.2) is 13.6 Å². The van der Waals surface area contributed by atoms with E-state index >= 15 is 0 Å². The van der Waals surface area contributed by atoms with E-state index in [0.717, 1.165) is 13.0 Å². The smallest absolute Gasteiger partial charge is 0.228 e. The van der Waals surface area contributed by atoms with Gasteiger partial charge in [-0.3, -0.25) is 4.79 Å². The number of sulfonamides is 1. The molecule has 0 aliphatic carbocycles. The maximum atomic E-state index is 11.9. The average Bonchev–Trinajstić information content (AvgIpc) is 2.83. The molecule has 1 unspecified atom stereocenters. The van der Waals surface area contributed by atoms with Gasteiger partial charge < -0.3 is 10.6 Å². The third-order valence-electron chi connectivity index (χ3n) is 3.02. The largest absolute Gasteiger partial charge is 0.326 e. The molecule has 0 aromatic heterocycles. The number of anilines is 1. The summed E-state index contributed by atoms with van der Waals surface area (Å²) in [6, 6.07) is 6.65. The van der Waals surface area contributed by atoms with Gasteiger partial charge in [-0.1, -0.05) is 12.1 Å². The first-order valence-electron chi connectivity index (χ1n) is 6.05. The fourth-order valence-electron chi connectivity index (χ4n) is 2.04. The molecule has 4 N–H and O–H groups in total. The summed E-state index contributed by atoms with van der Waals surface area (Å²) in [6.45, 7) is 1.57. The molecule has 7 heteroatoms. The van der Waals surface area contributed by atoms with Crippen LogP contribution in [-0.4, -0.2) is 27.4 Å². The number of benzene rings is 1. The van der Waals surface area contributed by atoms with Crippen LogP contribution < -0.4 is 15.8 Å². The van der Waals surface area contributed by atoms with Crippen LogP contribution in [0.5, 0.6) is 0 Å². The highest BCUT2D eigenvalue weighted by Crippen LogP contribution is 2.14. The van der Waals surface area contributed by atoms with Gasteiger partial charge in [-0.15, -0.1) is 0 Å². The van der Waals surface area contributed by atoms with E-state index < -0.39 is 10.0 Å². The van der Waals surface area contributed by atoms with Crippen LogP contribution in [0.2, 0.25) is 0 Å². The second-order valence-electron chi connectivity index (χ2n) is 4.68. The number of hydrogen-bond acceptors (Lipinski definition) is 4. The van der Waals surface area contributed by atoms with Gasteiger partial charge in [0.2, 0.25) is 15.9 Å². The molecule has 0 radical (unpaired) electrons. The van der Waals surface area contributed by atoms with Crippen molar-refractivity contribution < 1.29 is 13.2 Å². The second-order valence-corrected chi connectivity index (χ2v) is 6.30. The quantitative estimate of drug-likeness (QED) is 0.725. The molecule has 1 amide bonds. The van der Waals surface area contributed by atoms with Gasteiger partial charge in [-0.2, -0.15) is 0 Å². The number of amides is 1. The molecule has 104 valence electrons. The summed E-state index contributed by atoms with van der Waals surface area (Å²) in [7, 11) is -3.52. The third kappa shape index (κ3) is 4.30. The summed E-state index contributed by atoms with van der Waals surface area (Å²) in [6.07, 6.45) is 0.843. The third-order valence-corrected chi connectivity index (χ3v) is 3.76. The maximum Gasteiger partial charge on any atom is 0.228 e. The summed E-state index contributed by atoms with van der Waals surface area (Å²) in [4.78, 5) is 11.9. The Bertz CT molecular complexity index is 548. The molecular weight excluding hydrogens is 266 g/mol. The topological polar surface area (TPSA) is 101 Å². The van der Waals surface area contributed by atoms with Gasteiger partial charge >= 0.3 is 0 Å². The van der Waals surface area contributed by atoms with Gasteiger partial charge in [-0.05, 0) is 30.7 Å². The van der Waals surface area contributed by atoms with Crippen molar-refractivity contribution in [2.24, 2.45) is 11.1 Å². The molecule has 1 aromatic rings. The van der Waals surface area contributed by atoms with Crippen LogP contribution in [0.1, 0.15) is 12.0 Å². The van der Waals surface area contributed by atoms with Crippen LogP contribution in [0, 0.1) is 5.92 Å². The van der Waals surface area contributed by atoms with Crippen molar-refractivity contribution in [3.63, 3.8) is 0 Å². The lowest BCUT2D eigenvalue weighted by Crippen LogP contribution is -2.24. The fraction of sp³-hybridized carbons (Fsp3) is 0.417. The number of nitrogens with one attached hydrogen (secondary N) is 2. The first-order valence-corrected chi connectivity index (χ1v) is 7.76. The lowest BCUT2D eigenvalue weighted by molar-refractivity contribution is -0.119. The van der Waals surface area contributed by atoms with Crippen molar-refractivity contribution in [2.45, 2.75) is 12.2 Å². The van der Waals surface area contributed by atoms with Crippen LogP contribution in [0.15, 0.2) is 24.3 Å². The molecule has 19 heavy (non-hydrogen) atoms. The number of hydrogen-bond donors (Lipinski definition) is 3. The Labute approximate surface area is 112 Å². The fourth-order valence-corrected chi connectivity index (χ4v) is 2.70. The summed E-state index contributed by atoms with van der Waals surface area (Å²) in [5.74, 6) is -0.207. The standard InChI is InChI=1S/C12H17N3O3S/c13-19(17,18)8-9-1-3-11(4-2-9)15-12(16)10-5-6-14-7-10/h1-4,10,14H,5-8H2,(H,15,16)(H2,13,17,18). The van der Waals surface area contributed by atoms with E-state index in [-0.39, 0.29) is 17.6 Å². The zero-order valence-corrected chi connectivity index (χ0v) is 11.2. The minimum Gasteiger partial charge on any atom is -0.326 e. The molecule has 0 bridgehead atoms. The van der Waals surface area contributed by atoms with Crippen LogP contribution >= 0.6 is 0 Å². The van der Waals surface area contributed by atoms with Crippen molar-refractivity contribution in [3.05, 3.63) is 29.8 Å². The highest BCUT2D eigenvalue weighted by molar-refractivity contribution is 7.88. The molecule has 2 rings (SSSR count). The Morgan fingerprint density at radius 2 is 2.05 bits per heavy atom. The van der Waals surface area contributed by atoms with Crippen LogP contribution in [0.25, 0.3) is 0 Å². The number of primary sulfonamides is 1. The lowest BCUT2D eigenvalue weighted by Gasteiger charge is -2.10. The summed E-state index contributed by atoms with van der Waals surface area (Å²) in [5.41, 5.74) is 1.26. The maximum absolute atomic E-state index is 11.9. The highest BCUT2D eigenvalue weighted by atomic mass is 32.2. The SMILES string of the molecule is NS(=O)(=O)Cc1ccc(NC(=O)C2CCNC2)cc1. The summed E-state index contributed by atoms with van der Waals surface area (Å²) >= 11 is 0. The van der Waals surface area contributed by atoms with Crippen LogP contribution in [-0.2, 0) is 20.6 Å². The number of carbonyl (C=O) groups is 1. The first kappa shape index (κ1) is 14.0. The molecule has 1 aromatic carbocycles. The van der Waals surface area contributed by atoms with Gasteiger partial charge in [0, 0.05) is 12.2 Å². The van der Waals surface area contributed by atoms with E-state index in [9.17, 15) is 13.2 Å². The van der Waals surface area contributed by atoms with Crippen molar-refractivity contribution in [1.82, 2.24) is 5.32 Å². The van der Waals surface area contributed by atoms with E-state index in [2.05, 4.69) is 10.6 Å². The van der Waals surface area contributed by atoms with Crippen LogP contribution in [0.3, 0.4) is 0 Å². The number of carbonyl (C=O) groups excluding carboxylic acids is 1. The molecule has 1 atom stereocenters. The van der Waals surface area contributed by atoms with Crippen molar-refractivity contribution in [1.29, 1.82) is 0 Å². The normalized spacial score (nSPS) is 19.3. The molecule has 1 aliphatic heterocycles. The van der Waals surface area contributed by atoms with Gasteiger partial charge in [0.25, 0.3) is 0 Å². The average molecular weight is 283 g/mol. The van der Waals surface area contributed by atoms with Gasteiger partial charge in [0.1, 0.15) is 0 Å². The molecule has 0 saturated carbocycles. The molecule has 1 aliphatic rings. The number of nitrogens with two attached hydrogens (primary N) is 1. The molecular formula is C12H17N3O3S. The first-order chi connectivity index (χ1) is 8.94. The molecule has 1 fully saturated rings. The van der Waals surface area contributed by atoms with E-state index in [1.54, 1.807) is 24.3 Å². The zero-order valence-electron chi connectivity index (χ0n) is 10.4. The van der Waals surface area contributed by atoms with E-state index in [4.69, 9.17) is 5.14 Å². The Morgan fingerprint density at radius 1 is 1.37 bits per heavy atom. The Balaban J connectivity index is 1.96. The molecule has 1 saturated heterocycles. The minimum atomic E-state index is -3.52. The van der Waals surface area contributed by atoms with Gasteiger partial charge in [0.05, 0.1) is 11.7 Å². The van der Waals surface area contributed by atoms with Crippen molar-refractivity contribution >= 4 is 21.6 Å². The van der Waals surface area contributed by atoms with Crippen molar-refractivity contribution in [2.75, 3.05) is 18.4 Å². The zero-order chi connectivity index (χ0) is 13.9. The second kappa shape index (κ2) is 5.68. The van der Waals surface area contributed by atoms with E-state index in [0.29, 0.717) is 17.8 Å². The Morgan fingerprint density at radius 3 is 2.58 bits per heavy atom. The Kier molecular flexibility index (Phi) is 4.18. The van der Waals surface area contributed by atoms with Gasteiger partial charge in [0.15, 0.2) is 0 Å². The summed E-state index contributed by atoms with van der Waals surface area (Å²) in [5, 5.41) is 10.9.